The minimum atomic E-state index is 0.217. The van der Waals surface area contributed by atoms with Crippen LogP contribution in [0.4, 0.5) is 0 Å². The molecule has 1 atom stereocenters. The van der Waals surface area contributed by atoms with E-state index < -0.39 is 0 Å². The molecular formula is C19H32O. The monoisotopic (exact) mass is 276 g/mol. The number of carbonyl (C=O) groups excluding carboxylic acids is 1. The SMILES string of the molecule is C=C(C)C(=O)C(CC)CC1CCC(C/C=C\CC)CC1. The fourth-order valence-electron chi connectivity index (χ4n) is 3.37. The van der Waals surface area contributed by atoms with Gasteiger partial charge in [0.05, 0.1) is 0 Å². The normalized spacial score (nSPS) is 24.8. The Labute approximate surface area is 125 Å². The molecule has 1 nitrogen and oxygen atoms in total. The average Bonchev–Trinajstić information content (AvgIpc) is 2.45. The molecule has 0 spiro atoms. The molecule has 114 valence electrons. The van der Waals surface area contributed by atoms with Crippen LogP contribution >= 0.6 is 0 Å². The third-order valence-corrected chi connectivity index (χ3v) is 4.74. The molecule has 1 rings (SSSR count). The first-order valence-corrected chi connectivity index (χ1v) is 8.43. The zero-order chi connectivity index (χ0) is 15.0. The quantitative estimate of drug-likeness (QED) is 0.410. The lowest BCUT2D eigenvalue weighted by molar-refractivity contribution is -0.119. The van der Waals surface area contributed by atoms with Crippen LogP contribution in [0.3, 0.4) is 0 Å². The number of carbonyl (C=O) groups is 1. The number of allylic oxidation sites excluding steroid dienone is 3. The maximum absolute atomic E-state index is 12.1. The van der Waals surface area contributed by atoms with Crippen molar-refractivity contribution in [3.05, 3.63) is 24.3 Å². The Hall–Kier alpha value is -0.850. The maximum atomic E-state index is 12.1. The van der Waals surface area contributed by atoms with E-state index in [1.807, 2.05) is 6.92 Å². The molecule has 0 aromatic heterocycles. The zero-order valence-corrected chi connectivity index (χ0v) is 13.7. The second-order valence-electron chi connectivity index (χ2n) is 6.49. The maximum Gasteiger partial charge on any atom is 0.161 e. The largest absolute Gasteiger partial charge is 0.294 e. The van der Waals surface area contributed by atoms with Crippen LogP contribution in [0.15, 0.2) is 24.3 Å². The minimum absolute atomic E-state index is 0.217. The summed E-state index contributed by atoms with van der Waals surface area (Å²) in [6.45, 7) is 9.99. The minimum Gasteiger partial charge on any atom is -0.294 e. The Morgan fingerprint density at radius 2 is 1.75 bits per heavy atom. The molecule has 0 amide bonds. The highest BCUT2D eigenvalue weighted by atomic mass is 16.1. The molecule has 0 aromatic rings. The highest BCUT2D eigenvalue weighted by Gasteiger charge is 2.25. The predicted molar refractivity (Wildman–Crippen MR) is 87.7 cm³/mol. The van der Waals surface area contributed by atoms with Gasteiger partial charge in [-0.2, -0.15) is 0 Å². The van der Waals surface area contributed by atoms with E-state index in [1.54, 1.807) is 0 Å². The molecule has 0 aromatic carbocycles. The van der Waals surface area contributed by atoms with Crippen molar-refractivity contribution in [2.75, 3.05) is 0 Å². The van der Waals surface area contributed by atoms with Crippen molar-refractivity contribution in [3.63, 3.8) is 0 Å². The van der Waals surface area contributed by atoms with Gasteiger partial charge in [-0.25, -0.2) is 0 Å². The fourth-order valence-corrected chi connectivity index (χ4v) is 3.37. The summed E-state index contributed by atoms with van der Waals surface area (Å²) >= 11 is 0. The smallest absolute Gasteiger partial charge is 0.161 e. The Balaban J connectivity index is 2.35. The first-order chi connectivity index (χ1) is 9.58. The topological polar surface area (TPSA) is 17.1 Å². The van der Waals surface area contributed by atoms with Gasteiger partial charge in [-0.3, -0.25) is 4.79 Å². The van der Waals surface area contributed by atoms with Gasteiger partial charge in [-0.05, 0) is 62.9 Å². The van der Waals surface area contributed by atoms with Gasteiger partial charge < -0.3 is 0 Å². The summed E-state index contributed by atoms with van der Waals surface area (Å²) in [7, 11) is 0. The Kier molecular flexibility index (Phi) is 7.87. The average molecular weight is 276 g/mol. The van der Waals surface area contributed by atoms with E-state index in [4.69, 9.17) is 0 Å². The van der Waals surface area contributed by atoms with Crippen molar-refractivity contribution in [1.82, 2.24) is 0 Å². The van der Waals surface area contributed by atoms with Crippen LogP contribution in [-0.4, -0.2) is 5.78 Å². The van der Waals surface area contributed by atoms with Crippen LogP contribution in [0.5, 0.6) is 0 Å². The third kappa shape index (κ3) is 5.64. The molecule has 1 saturated carbocycles. The van der Waals surface area contributed by atoms with Gasteiger partial charge in [-0.15, -0.1) is 0 Å². The first kappa shape index (κ1) is 17.2. The van der Waals surface area contributed by atoms with Crippen molar-refractivity contribution < 1.29 is 4.79 Å². The van der Waals surface area contributed by atoms with E-state index in [0.717, 1.165) is 36.7 Å². The Morgan fingerprint density at radius 3 is 2.25 bits per heavy atom. The summed E-state index contributed by atoms with van der Waals surface area (Å²) in [6.07, 6.45) is 14.4. The summed E-state index contributed by atoms with van der Waals surface area (Å²) in [6, 6.07) is 0. The number of hydrogen-bond donors (Lipinski definition) is 0. The van der Waals surface area contributed by atoms with Gasteiger partial charge >= 0.3 is 0 Å². The third-order valence-electron chi connectivity index (χ3n) is 4.74. The standard InChI is InChI=1S/C19H32O/c1-5-7-8-9-16-10-12-17(13-11-16)14-18(6-2)19(20)15(3)4/h7-8,16-18H,3,5-6,9-14H2,1-2,4H3/b8-7-. The molecule has 0 radical (unpaired) electrons. The van der Waals surface area contributed by atoms with Crippen molar-refractivity contribution in [1.29, 1.82) is 0 Å². The van der Waals surface area contributed by atoms with Crippen LogP contribution in [0.25, 0.3) is 0 Å². The molecule has 0 heterocycles. The van der Waals surface area contributed by atoms with E-state index in [2.05, 4.69) is 32.6 Å². The van der Waals surface area contributed by atoms with Crippen LogP contribution in [0.1, 0.15) is 72.1 Å². The van der Waals surface area contributed by atoms with Gasteiger partial charge in [0.25, 0.3) is 0 Å². The number of hydrogen-bond acceptors (Lipinski definition) is 1. The molecule has 1 unspecified atom stereocenters. The number of Topliss-reactive ketones (excluding diaryl/α,β-unsaturated/α-hetero) is 1. The highest BCUT2D eigenvalue weighted by molar-refractivity contribution is 5.95. The summed E-state index contributed by atoms with van der Waals surface area (Å²) in [4.78, 5) is 12.1. The Bertz CT molecular complexity index is 332. The molecule has 0 saturated heterocycles. The zero-order valence-electron chi connectivity index (χ0n) is 13.7. The van der Waals surface area contributed by atoms with Crippen molar-refractivity contribution in [2.45, 2.75) is 72.1 Å². The van der Waals surface area contributed by atoms with Gasteiger partial charge in [0.1, 0.15) is 0 Å². The van der Waals surface area contributed by atoms with Crippen LogP contribution in [0, 0.1) is 17.8 Å². The predicted octanol–water partition coefficient (Wildman–Crippen LogP) is 5.71. The lowest BCUT2D eigenvalue weighted by Crippen LogP contribution is -2.22. The number of rotatable bonds is 8. The van der Waals surface area contributed by atoms with E-state index in [1.165, 1.54) is 32.1 Å². The first-order valence-electron chi connectivity index (χ1n) is 8.43. The van der Waals surface area contributed by atoms with Crippen molar-refractivity contribution >= 4 is 5.78 Å². The van der Waals surface area contributed by atoms with Crippen LogP contribution < -0.4 is 0 Å². The molecule has 1 aliphatic rings. The second-order valence-corrected chi connectivity index (χ2v) is 6.49. The highest BCUT2D eigenvalue weighted by Crippen LogP contribution is 2.35. The molecular weight excluding hydrogens is 244 g/mol. The van der Waals surface area contributed by atoms with Crippen LogP contribution in [-0.2, 0) is 4.79 Å². The van der Waals surface area contributed by atoms with E-state index in [0.29, 0.717) is 5.78 Å². The fraction of sp³-hybridized carbons (Fsp3) is 0.737. The molecule has 1 heteroatoms. The van der Waals surface area contributed by atoms with Gasteiger partial charge in [0.2, 0.25) is 0 Å². The summed E-state index contributed by atoms with van der Waals surface area (Å²) in [5, 5.41) is 0. The molecule has 1 aliphatic carbocycles. The Morgan fingerprint density at radius 1 is 1.15 bits per heavy atom. The summed E-state index contributed by atoms with van der Waals surface area (Å²) < 4.78 is 0. The lowest BCUT2D eigenvalue weighted by atomic mass is 9.75. The summed E-state index contributed by atoms with van der Waals surface area (Å²) in [5.74, 6) is 2.15. The second kappa shape index (κ2) is 9.15. The van der Waals surface area contributed by atoms with Crippen LogP contribution in [0.2, 0.25) is 0 Å². The van der Waals surface area contributed by atoms with Crippen molar-refractivity contribution in [2.24, 2.45) is 17.8 Å². The molecule has 1 fully saturated rings. The summed E-state index contributed by atoms with van der Waals surface area (Å²) in [5.41, 5.74) is 0.732. The van der Waals surface area contributed by atoms with Gasteiger partial charge in [0.15, 0.2) is 5.78 Å². The molecule has 0 aliphatic heterocycles. The lowest BCUT2D eigenvalue weighted by Gasteiger charge is -2.30. The van der Waals surface area contributed by atoms with E-state index >= 15 is 0 Å². The van der Waals surface area contributed by atoms with Crippen molar-refractivity contribution in [3.8, 4) is 0 Å². The van der Waals surface area contributed by atoms with Gasteiger partial charge in [0, 0.05) is 5.92 Å². The molecule has 20 heavy (non-hydrogen) atoms. The number of ketones is 1. The van der Waals surface area contributed by atoms with E-state index in [9.17, 15) is 4.79 Å². The molecule has 0 N–H and O–H groups in total. The van der Waals surface area contributed by atoms with Gasteiger partial charge in [-0.1, -0.05) is 45.4 Å². The molecule has 0 bridgehead atoms. The van der Waals surface area contributed by atoms with E-state index in [-0.39, 0.29) is 5.92 Å².